The summed E-state index contributed by atoms with van der Waals surface area (Å²) >= 11 is 0. The lowest BCUT2D eigenvalue weighted by Crippen LogP contribution is -2.48. The quantitative estimate of drug-likeness (QED) is 0.366. The van der Waals surface area contributed by atoms with Crippen LogP contribution in [-0.4, -0.2) is 42.1 Å². The minimum absolute atomic E-state index is 0.0397. The number of nitrogens with two attached hydrogens (primary N) is 2. The van der Waals surface area contributed by atoms with Crippen LogP contribution in [0, 0.1) is 6.92 Å². The van der Waals surface area contributed by atoms with Gasteiger partial charge in [0.25, 0.3) is 11.5 Å². The number of carbonyl (C=O) groups is 1. The molecule has 0 saturated heterocycles. The summed E-state index contributed by atoms with van der Waals surface area (Å²) < 4.78 is 25.6. The molecule has 11 heteroatoms. The molecule has 0 atom stereocenters. The summed E-state index contributed by atoms with van der Waals surface area (Å²) in [7, 11) is -3.59. The first-order chi connectivity index (χ1) is 15.5. The smallest absolute Gasteiger partial charge is 0.267 e. The summed E-state index contributed by atoms with van der Waals surface area (Å²) in [6.07, 6.45) is 5.39. The summed E-state index contributed by atoms with van der Waals surface area (Å²) in [4.78, 5) is 31.6. The van der Waals surface area contributed by atoms with Crippen molar-refractivity contribution in [1.82, 2.24) is 9.97 Å². The topological polar surface area (TPSA) is 173 Å². The lowest BCUT2D eigenvalue weighted by molar-refractivity contribution is 0.0999. The number of rotatable bonds is 9. The van der Waals surface area contributed by atoms with E-state index < -0.39 is 26.8 Å². The zero-order valence-electron chi connectivity index (χ0n) is 19.0. The number of amides is 1. The van der Waals surface area contributed by atoms with E-state index in [1.165, 1.54) is 0 Å². The number of hydrogen-bond donors (Lipinski definition) is 5. The molecule has 180 valence electrons. The van der Waals surface area contributed by atoms with E-state index in [1.54, 1.807) is 32.0 Å². The third-order valence-corrected chi connectivity index (χ3v) is 7.77. The van der Waals surface area contributed by atoms with Gasteiger partial charge in [0, 0.05) is 12.1 Å². The van der Waals surface area contributed by atoms with Crippen LogP contribution in [0.1, 0.15) is 61.4 Å². The van der Waals surface area contributed by atoms with Crippen LogP contribution < -0.4 is 27.7 Å². The highest BCUT2D eigenvalue weighted by Gasteiger charge is 2.28. The fraction of sp³-hybridized carbons (Fsp3) is 0.500. The van der Waals surface area contributed by atoms with E-state index in [0.717, 1.165) is 37.7 Å². The summed E-state index contributed by atoms with van der Waals surface area (Å²) in [6.45, 7) is 3.95. The van der Waals surface area contributed by atoms with Gasteiger partial charge in [-0.15, -0.1) is 0 Å². The van der Waals surface area contributed by atoms with Crippen LogP contribution in [-0.2, 0) is 9.84 Å². The summed E-state index contributed by atoms with van der Waals surface area (Å²) in [5.41, 5.74) is 11.3. The lowest BCUT2D eigenvalue weighted by Gasteiger charge is -2.33. The van der Waals surface area contributed by atoms with Crippen molar-refractivity contribution in [1.29, 1.82) is 0 Å². The van der Waals surface area contributed by atoms with Gasteiger partial charge in [-0.25, -0.2) is 8.42 Å². The van der Waals surface area contributed by atoms with Crippen molar-refractivity contribution in [3.8, 4) is 0 Å². The Bertz CT molecular complexity index is 1190. The Balaban J connectivity index is 1.99. The first-order valence-corrected chi connectivity index (χ1v) is 12.8. The standard InChI is InChI=1S/C22H32N6O4S/c1-3-11-33(31,32)16-12-14(2)7-8-15(16)26-19-17(18(23)29)20(30)28-21(27-19)25-13-22(24)9-5-4-6-10-22/h7-8,12H,3-6,9-11,13,24H2,1-2H3,(H2,23,29)(H3,25,26,27,28,30). The van der Waals surface area contributed by atoms with E-state index in [2.05, 4.69) is 20.6 Å². The summed E-state index contributed by atoms with van der Waals surface area (Å²) in [5.74, 6) is -1.03. The second-order valence-corrected chi connectivity index (χ2v) is 10.8. The van der Waals surface area contributed by atoms with Crippen LogP contribution in [0.2, 0.25) is 0 Å². The van der Waals surface area contributed by atoms with Gasteiger partial charge in [-0.3, -0.25) is 14.6 Å². The first-order valence-electron chi connectivity index (χ1n) is 11.1. The number of hydrogen-bond acceptors (Lipinski definition) is 8. The maximum atomic E-state index is 12.8. The lowest BCUT2D eigenvalue weighted by atomic mass is 9.82. The number of benzene rings is 1. The number of aromatic amines is 1. The molecule has 2 aromatic rings. The van der Waals surface area contributed by atoms with Crippen LogP contribution in [0.25, 0.3) is 0 Å². The van der Waals surface area contributed by atoms with Crippen molar-refractivity contribution in [3.05, 3.63) is 39.7 Å². The number of H-pyrrole nitrogens is 1. The van der Waals surface area contributed by atoms with Gasteiger partial charge in [0.15, 0.2) is 15.7 Å². The molecule has 1 amide bonds. The third kappa shape index (κ3) is 5.91. The second-order valence-electron chi connectivity index (χ2n) is 8.72. The van der Waals surface area contributed by atoms with Crippen LogP contribution in [0.5, 0.6) is 0 Å². The molecule has 7 N–H and O–H groups in total. The van der Waals surface area contributed by atoms with E-state index in [-0.39, 0.29) is 33.7 Å². The average molecular weight is 477 g/mol. The Morgan fingerprint density at radius 3 is 2.58 bits per heavy atom. The first kappa shape index (κ1) is 24.7. The number of carbonyl (C=O) groups excluding carboxylic acids is 1. The predicted octanol–water partition coefficient (Wildman–Crippen LogP) is 2.18. The number of primary amides is 1. The van der Waals surface area contributed by atoms with Crippen molar-refractivity contribution in [2.45, 2.75) is 62.8 Å². The van der Waals surface area contributed by atoms with E-state index in [4.69, 9.17) is 11.5 Å². The Morgan fingerprint density at radius 1 is 1.24 bits per heavy atom. The third-order valence-electron chi connectivity index (χ3n) is 5.82. The largest absolute Gasteiger partial charge is 0.365 e. The molecule has 1 fully saturated rings. The van der Waals surface area contributed by atoms with Crippen molar-refractivity contribution in [3.63, 3.8) is 0 Å². The molecule has 1 aromatic heterocycles. The predicted molar refractivity (Wildman–Crippen MR) is 129 cm³/mol. The highest BCUT2D eigenvalue weighted by molar-refractivity contribution is 7.91. The van der Waals surface area contributed by atoms with Crippen molar-refractivity contribution in [2.75, 3.05) is 22.9 Å². The maximum absolute atomic E-state index is 12.8. The molecule has 1 aliphatic carbocycles. The normalized spacial score (nSPS) is 15.7. The molecule has 0 aliphatic heterocycles. The van der Waals surface area contributed by atoms with Gasteiger partial charge < -0.3 is 22.1 Å². The van der Waals surface area contributed by atoms with Crippen LogP contribution >= 0.6 is 0 Å². The highest BCUT2D eigenvalue weighted by Crippen LogP contribution is 2.29. The monoisotopic (exact) mass is 476 g/mol. The number of aryl methyl sites for hydroxylation is 1. The minimum atomic E-state index is -3.59. The molecular formula is C22H32N6O4S. The maximum Gasteiger partial charge on any atom is 0.267 e. The van der Waals surface area contributed by atoms with Gasteiger partial charge in [0.2, 0.25) is 5.95 Å². The Hall–Kier alpha value is -2.92. The number of sulfone groups is 1. The zero-order chi connectivity index (χ0) is 24.2. The second kappa shape index (κ2) is 9.92. The van der Waals surface area contributed by atoms with Crippen LogP contribution in [0.4, 0.5) is 17.5 Å². The number of nitrogens with one attached hydrogen (secondary N) is 3. The molecule has 0 bridgehead atoms. The molecule has 1 aromatic carbocycles. The Labute approximate surface area is 193 Å². The van der Waals surface area contributed by atoms with Gasteiger partial charge in [-0.2, -0.15) is 4.98 Å². The molecular weight excluding hydrogens is 444 g/mol. The van der Waals surface area contributed by atoms with Gasteiger partial charge in [0.1, 0.15) is 5.56 Å². The zero-order valence-corrected chi connectivity index (χ0v) is 19.8. The minimum Gasteiger partial charge on any atom is -0.365 e. The van der Waals surface area contributed by atoms with E-state index in [0.29, 0.717) is 13.0 Å². The van der Waals surface area contributed by atoms with E-state index in [1.807, 2.05) is 0 Å². The average Bonchev–Trinajstić information content (AvgIpc) is 2.73. The number of anilines is 3. The fourth-order valence-electron chi connectivity index (χ4n) is 4.06. The van der Waals surface area contributed by atoms with E-state index >= 15 is 0 Å². The molecule has 1 aliphatic rings. The molecule has 1 saturated carbocycles. The number of aromatic nitrogens is 2. The van der Waals surface area contributed by atoms with Gasteiger partial charge in [-0.1, -0.05) is 32.3 Å². The summed E-state index contributed by atoms with van der Waals surface area (Å²) in [5, 5.41) is 5.92. The van der Waals surface area contributed by atoms with Crippen molar-refractivity contribution in [2.24, 2.45) is 11.5 Å². The molecule has 0 spiro atoms. The summed E-state index contributed by atoms with van der Waals surface area (Å²) in [6, 6.07) is 4.85. The Morgan fingerprint density at radius 2 is 1.94 bits per heavy atom. The van der Waals surface area contributed by atoms with Crippen molar-refractivity contribution >= 4 is 33.2 Å². The highest BCUT2D eigenvalue weighted by atomic mass is 32.2. The fourth-order valence-corrected chi connectivity index (χ4v) is 5.64. The molecule has 3 rings (SSSR count). The van der Waals surface area contributed by atoms with Gasteiger partial charge in [-0.05, 0) is 43.9 Å². The van der Waals surface area contributed by atoms with Gasteiger partial charge in [0.05, 0.1) is 16.3 Å². The van der Waals surface area contributed by atoms with Gasteiger partial charge >= 0.3 is 0 Å². The molecule has 0 radical (unpaired) electrons. The molecule has 10 nitrogen and oxygen atoms in total. The van der Waals surface area contributed by atoms with E-state index in [9.17, 15) is 18.0 Å². The van der Waals surface area contributed by atoms with Crippen LogP contribution in [0.15, 0.2) is 27.9 Å². The molecule has 33 heavy (non-hydrogen) atoms. The van der Waals surface area contributed by atoms with Crippen molar-refractivity contribution < 1.29 is 13.2 Å². The SMILES string of the molecule is CCCS(=O)(=O)c1cc(C)ccc1Nc1nc(NCC2(N)CCCCC2)[nH]c(=O)c1C(N)=O. The molecule has 0 unspecified atom stereocenters. The van der Waals surface area contributed by atoms with Crippen LogP contribution in [0.3, 0.4) is 0 Å². The molecule has 1 heterocycles. The number of nitrogens with zero attached hydrogens (tertiary/aromatic N) is 1. The Kier molecular flexibility index (Phi) is 7.43.